The first-order valence-corrected chi connectivity index (χ1v) is 7.35. The highest BCUT2D eigenvalue weighted by Gasteiger charge is 2.25. The van der Waals surface area contributed by atoms with E-state index in [0.717, 1.165) is 5.56 Å². The highest BCUT2D eigenvalue weighted by molar-refractivity contribution is 6.03. The van der Waals surface area contributed by atoms with Gasteiger partial charge in [-0.05, 0) is 36.2 Å². The van der Waals surface area contributed by atoms with Crippen LogP contribution in [0, 0.1) is 17.2 Å². The van der Waals surface area contributed by atoms with Gasteiger partial charge in [0.25, 0.3) is 0 Å². The van der Waals surface area contributed by atoms with E-state index < -0.39 is 11.8 Å². The summed E-state index contributed by atoms with van der Waals surface area (Å²) in [7, 11) is 0. The van der Waals surface area contributed by atoms with Crippen molar-refractivity contribution in [3.8, 4) is 6.07 Å². The smallest absolute Gasteiger partial charge is 0.244 e. The molecule has 0 saturated carbocycles. The molecule has 2 aromatic carbocycles. The number of amides is 2. The van der Waals surface area contributed by atoms with Crippen molar-refractivity contribution in [2.75, 3.05) is 5.32 Å². The number of primary amides is 1. The third-order valence-corrected chi connectivity index (χ3v) is 3.62. The number of nitrogens with zero attached hydrogens (tertiary/aromatic N) is 1. The molecule has 0 saturated heterocycles. The lowest BCUT2D eigenvalue weighted by Crippen LogP contribution is -2.31. The Kier molecular flexibility index (Phi) is 5.48. The molecule has 0 spiro atoms. The molecule has 0 bridgehead atoms. The molecule has 24 heavy (non-hydrogen) atoms. The van der Waals surface area contributed by atoms with E-state index >= 15 is 0 Å². The molecule has 2 rings (SSSR count). The minimum Gasteiger partial charge on any atom is -0.366 e. The number of carbonyl (C=O) groups excluding carboxylic acids is 2. The van der Waals surface area contributed by atoms with Crippen molar-refractivity contribution in [2.24, 2.45) is 11.7 Å². The maximum atomic E-state index is 12.6. The number of nitrogens with one attached hydrogen (secondary N) is 1. The van der Waals surface area contributed by atoms with Crippen LogP contribution in [-0.2, 0) is 16.0 Å². The molecule has 5 nitrogen and oxygen atoms in total. The Morgan fingerprint density at radius 3 is 2.29 bits per heavy atom. The Hall–Kier alpha value is -3.39. The zero-order chi connectivity index (χ0) is 17.5. The summed E-state index contributed by atoms with van der Waals surface area (Å²) in [5.41, 5.74) is 7.30. The molecule has 0 aliphatic carbocycles. The minimum atomic E-state index is -0.763. The Labute approximate surface area is 140 Å². The van der Waals surface area contributed by atoms with Gasteiger partial charge in [0.15, 0.2) is 0 Å². The van der Waals surface area contributed by atoms with Crippen molar-refractivity contribution in [1.29, 1.82) is 5.26 Å². The molecule has 0 aromatic heterocycles. The second kappa shape index (κ2) is 7.75. The van der Waals surface area contributed by atoms with E-state index in [4.69, 9.17) is 11.0 Å². The summed E-state index contributed by atoms with van der Waals surface area (Å²) in [4.78, 5) is 24.1. The van der Waals surface area contributed by atoms with Gasteiger partial charge in [-0.25, -0.2) is 0 Å². The number of anilines is 1. The second-order valence-corrected chi connectivity index (χ2v) is 5.31. The first-order valence-electron chi connectivity index (χ1n) is 7.35. The summed E-state index contributed by atoms with van der Waals surface area (Å²) in [6.45, 7) is 3.66. The highest BCUT2D eigenvalue weighted by Crippen LogP contribution is 2.19. The zero-order valence-electron chi connectivity index (χ0n) is 13.0. The molecular formula is C19H17N3O2. The molecule has 2 aromatic rings. The molecule has 1 atom stereocenters. The van der Waals surface area contributed by atoms with Gasteiger partial charge in [0.2, 0.25) is 11.8 Å². The van der Waals surface area contributed by atoms with E-state index in [1.807, 2.05) is 36.4 Å². The number of hydrogen-bond donors (Lipinski definition) is 2. The first-order chi connectivity index (χ1) is 11.5. The standard InChI is InChI=1S/C19H17N3O2/c1-13(18(21)23)17(11-14-5-3-2-4-6-14)19(24)22-16-9-7-15(12-20)8-10-16/h2-10,17H,1,11H2,(H2,21,23)(H,22,24)/t17-/m0/s1. The van der Waals surface area contributed by atoms with Gasteiger partial charge in [-0.3, -0.25) is 9.59 Å². The van der Waals surface area contributed by atoms with Crippen molar-refractivity contribution in [2.45, 2.75) is 6.42 Å². The number of rotatable bonds is 6. The van der Waals surface area contributed by atoms with E-state index in [9.17, 15) is 9.59 Å². The third-order valence-electron chi connectivity index (χ3n) is 3.62. The Morgan fingerprint density at radius 1 is 1.12 bits per heavy atom. The number of hydrogen-bond acceptors (Lipinski definition) is 3. The van der Waals surface area contributed by atoms with Crippen molar-refractivity contribution < 1.29 is 9.59 Å². The van der Waals surface area contributed by atoms with E-state index in [-0.39, 0.29) is 11.5 Å². The average Bonchev–Trinajstić information content (AvgIpc) is 2.60. The largest absolute Gasteiger partial charge is 0.366 e. The Bertz CT molecular complexity index is 790. The fourth-order valence-electron chi connectivity index (χ4n) is 2.25. The monoisotopic (exact) mass is 319 g/mol. The number of benzene rings is 2. The van der Waals surface area contributed by atoms with E-state index in [2.05, 4.69) is 11.9 Å². The summed E-state index contributed by atoms with van der Waals surface area (Å²) in [6, 6.07) is 17.8. The van der Waals surface area contributed by atoms with Crippen LogP contribution < -0.4 is 11.1 Å². The predicted octanol–water partition coefficient (Wildman–Crippen LogP) is 2.40. The Morgan fingerprint density at radius 2 is 1.75 bits per heavy atom. The van der Waals surface area contributed by atoms with Gasteiger partial charge in [0.05, 0.1) is 17.6 Å². The SMILES string of the molecule is C=C(C(N)=O)[C@H](Cc1ccccc1)C(=O)Nc1ccc(C#N)cc1. The second-order valence-electron chi connectivity index (χ2n) is 5.31. The van der Waals surface area contributed by atoms with Crippen LogP contribution in [0.1, 0.15) is 11.1 Å². The lowest BCUT2D eigenvalue weighted by molar-refractivity contribution is -0.122. The van der Waals surface area contributed by atoms with Crippen LogP contribution in [-0.4, -0.2) is 11.8 Å². The normalized spacial score (nSPS) is 11.1. The van der Waals surface area contributed by atoms with Crippen LogP contribution in [0.15, 0.2) is 66.7 Å². The fourth-order valence-corrected chi connectivity index (χ4v) is 2.25. The van der Waals surface area contributed by atoms with Crippen molar-refractivity contribution in [3.05, 3.63) is 77.9 Å². The lowest BCUT2D eigenvalue weighted by Gasteiger charge is -2.17. The van der Waals surface area contributed by atoms with Gasteiger partial charge in [-0.2, -0.15) is 5.26 Å². The maximum absolute atomic E-state index is 12.6. The van der Waals surface area contributed by atoms with Gasteiger partial charge in [-0.15, -0.1) is 0 Å². The molecule has 120 valence electrons. The van der Waals surface area contributed by atoms with Crippen LogP contribution in [0.2, 0.25) is 0 Å². The lowest BCUT2D eigenvalue weighted by atomic mass is 9.91. The first kappa shape index (κ1) is 17.0. The van der Waals surface area contributed by atoms with Gasteiger partial charge < -0.3 is 11.1 Å². The number of carbonyl (C=O) groups is 2. The van der Waals surface area contributed by atoms with Crippen LogP contribution in [0.3, 0.4) is 0 Å². The van der Waals surface area contributed by atoms with Gasteiger partial charge in [0, 0.05) is 11.3 Å². The maximum Gasteiger partial charge on any atom is 0.244 e. The number of nitriles is 1. The molecule has 0 unspecified atom stereocenters. The molecule has 0 aliphatic rings. The molecule has 0 aliphatic heterocycles. The molecule has 0 radical (unpaired) electrons. The topological polar surface area (TPSA) is 96.0 Å². The Balaban J connectivity index is 2.18. The summed E-state index contributed by atoms with van der Waals surface area (Å²) >= 11 is 0. The molecule has 3 N–H and O–H groups in total. The fraction of sp³-hybridized carbons (Fsp3) is 0.105. The molecule has 2 amide bonds. The van der Waals surface area contributed by atoms with Crippen LogP contribution in [0.4, 0.5) is 5.69 Å². The van der Waals surface area contributed by atoms with Crippen molar-refractivity contribution >= 4 is 17.5 Å². The summed E-state index contributed by atoms with van der Waals surface area (Å²) in [5, 5.41) is 11.5. The highest BCUT2D eigenvalue weighted by atomic mass is 16.2. The van der Waals surface area contributed by atoms with Crippen LogP contribution in [0.5, 0.6) is 0 Å². The molecule has 5 heteroatoms. The van der Waals surface area contributed by atoms with E-state index in [0.29, 0.717) is 17.7 Å². The quantitative estimate of drug-likeness (QED) is 0.800. The van der Waals surface area contributed by atoms with Crippen molar-refractivity contribution in [1.82, 2.24) is 0 Å². The predicted molar refractivity (Wildman–Crippen MR) is 91.8 cm³/mol. The van der Waals surface area contributed by atoms with E-state index in [1.54, 1.807) is 24.3 Å². The average molecular weight is 319 g/mol. The molecule has 0 fully saturated rings. The zero-order valence-corrected chi connectivity index (χ0v) is 13.0. The molecular weight excluding hydrogens is 302 g/mol. The van der Waals surface area contributed by atoms with Crippen molar-refractivity contribution in [3.63, 3.8) is 0 Å². The summed E-state index contributed by atoms with van der Waals surface area (Å²) in [6.07, 6.45) is 0.324. The minimum absolute atomic E-state index is 0.0602. The summed E-state index contributed by atoms with van der Waals surface area (Å²) in [5.74, 6) is -1.83. The van der Waals surface area contributed by atoms with Crippen LogP contribution >= 0.6 is 0 Å². The van der Waals surface area contributed by atoms with E-state index in [1.165, 1.54) is 0 Å². The summed E-state index contributed by atoms with van der Waals surface area (Å²) < 4.78 is 0. The number of nitrogens with two attached hydrogens (primary N) is 1. The van der Waals surface area contributed by atoms with Crippen LogP contribution in [0.25, 0.3) is 0 Å². The third kappa shape index (κ3) is 4.31. The van der Waals surface area contributed by atoms with Gasteiger partial charge >= 0.3 is 0 Å². The molecule has 0 heterocycles. The van der Waals surface area contributed by atoms with Gasteiger partial charge in [-0.1, -0.05) is 36.9 Å². The van der Waals surface area contributed by atoms with Gasteiger partial charge in [0.1, 0.15) is 0 Å².